The Balaban J connectivity index is 2.19. The number of hydrogen-bond acceptors (Lipinski definition) is 2. The van der Waals surface area contributed by atoms with Gasteiger partial charge in [0.15, 0.2) is 0 Å². The number of ether oxygens (including phenoxy) is 1. The minimum atomic E-state index is 0.0474. The van der Waals surface area contributed by atoms with Gasteiger partial charge < -0.3 is 9.84 Å². The topological polar surface area (TPSA) is 29.5 Å². The summed E-state index contributed by atoms with van der Waals surface area (Å²) in [7, 11) is 0. The fraction of sp³-hybridized carbons (Fsp3) is 0.294. The van der Waals surface area contributed by atoms with Crippen LogP contribution in [0.4, 0.5) is 0 Å². The molecule has 0 saturated heterocycles. The Morgan fingerprint density at radius 2 is 1.70 bits per heavy atom. The van der Waals surface area contributed by atoms with Crippen LogP contribution in [0.3, 0.4) is 0 Å². The minimum Gasteiger partial charge on any atom is -0.488 e. The number of benzene rings is 2. The summed E-state index contributed by atoms with van der Waals surface area (Å²) in [5.41, 5.74) is 5.07. The van der Waals surface area contributed by atoms with E-state index in [-0.39, 0.29) is 6.61 Å². The van der Waals surface area contributed by atoms with Gasteiger partial charge in [0.25, 0.3) is 0 Å². The van der Waals surface area contributed by atoms with Gasteiger partial charge in [-0.15, -0.1) is 0 Å². The summed E-state index contributed by atoms with van der Waals surface area (Å²) in [5.74, 6) is 0.860. The van der Waals surface area contributed by atoms with E-state index in [1.54, 1.807) is 0 Å². The normalized spacial score (nSPS) is 10.7. The van der Waals surface area contributed by atoms with Crippen LogP contribution in [0.5, 0.6) is 5.75 Å². The van der Waals surface area contributed by atoms with E-state index in [4.69, 9.17) is 16.3 Å². The van der Waals surface area contributed by atoms with Gasteiger partial charge in [-0.1, -0.05) is 35.9 Å². The molecule has 0 unspecified atom stereocenters. The average Bonchev–Trinajstić information content (AvgIpc) is 2.39. The standard InChI is InChI=1S/C17H19ClO2/c1-11-4-5-15(16(18)6-11)10-20-17-12(2)7-14(9-19)8-13(17)3/h4-8,19H,9-10H2,1-3H3. The lowest BCUT2D eigenvalue weighted by molar-refractivity contribution is 0.280. The van der Waals surface area contributed by atoms with Gasteiger partial charge in [0.05, 0.1) is 6.61 Å². The van der Waals surface area contributed by atoms with Crippen LogP contribution < -0.4 is 4.74 Å². The Kier molecular flexibility index (Phi) is 4.69. The lowest BCUT2D eigenvalue weighted by Crippen LogP contribution is -2.01. The number of aryl methyl sites for hydroxylation is 3. The molecule has 3 heteroatoms. The molecule has 0 spiro atoms. The van der Waals surface area contributed by atoms with Crippen LogP contribution in [0.25, 0.3) is 0 Å². The van der Waals surface area contributed by atoms with E-state index in [9.17, 15) is 5.11 Å². The van der Waals surface area contributed by atoms with Crippen LogP contribution in [0.1, 0.15) is 27.8 Å². The van der Waals surface area contributed by atoms with Gasteiger partial charge in [0.2, 0.25) is 0 Å². The van der Waals surface area contributed by atoms with Crippen LogP contribution >= 0.6 is 11.6 Å². The summed E-state index contributed by atoms with van der Waals surface area (Å²) in [6.07, 6.45) is 0. The maximum Gasteiger partial charge on any atom is 0.125 e. The maximum atomic E-state index is 9.19. The van der Waals surface area contributed by atoms with Gasteiger partial charge in [-0.25, -0.2) is 0 Å². The Morgan fingerprint density at radius 3 is 2.25 bits per heavy atom. The fourth-order valence-corrected chi connectivity index (χ4v) is 2.57. The number of aliphatic hydroxyl groups is 1. The van der Waals surface area contributed by atoms with E-state index < -0.39 is 0 Å². The summed E-state index contributed by atoms with van der Waals surface area (Å²) < 4.78 is 5.91. The van der Waals surface area contributed by atoms with Crippen molar-refractivity contribution in [2.45, 2.75) is 34.0 Å². The molecule has 2 rings (SSSR count). The highest BCUT2D eigenvalue weighted by Gasteiger charge is 2.08. The van der Waals surface area contributed by atoms with E-state index in [1.165, 1.54) is 0 Å². The van der Waals surface area contributed by atoms with Crippen LogP contribution in [-0.4, -0.2) is 5.11 Å². The molecular formula is C17H19ClO2. The van der Waals surface area contributed by atoms with Crippen LogP contribution in [0.2, 0.25) is 5.02 Å². The van der Waals surface area contributed by atoms with Crippen molar-refractivity contribution < 1.29 is 9.84 Å². The first kappa shape index (κ1) is 14.9. The molecule has 2 aromatic rings. The van der Waals surface area contributed by atoms with E-state index >= 15 is 0 Å². The Morgan fingerprint density at radius 1 is 1.05 bits per heavy atom. The van der Waals surface area contributed by atoms with Crippen molar-refractivity contribution in [1.29, 1.82) is 0 Å². The monoisotopic (exact) mass is 290 g/mol. The molecule has 106 valence electrons. The molecular weight excluding hydrogens is 272 g/mol. The molecule has 0 bridgehead atoms. The van der Waals surface area contributed by atoms with Gasteiger partial charge in [0, 0.05) is 10.6 Å². The highest BCUT2D eigenvalue weighted by Crippen LogP contribution is 2.27. The molecule has 0 aliphatic heterocycles. The van der Waals surface area contributed by atoms with Gasteiger partial charge in [0.1, 0.15) is 12.4 Å². The third-order valence-corrected chi connectivity index (χ3v) is 3.64. The van der Waals surface area contributed by atoms with Crippen molar-refractivity contribution in [1.82, 2.24) is 0 Å². The predicted octanol–water partition coefficient (Wildman–Crippen LogP) is 4.34. The lowest BCUT2D eigenvalue weighted by atomic mass is 10.1. The minimum absolute atomic E-state index is 0.0474. The average molecular weight is 291 g/mol. The zero-order valence-electron chi connectivity index (χ0n) is 12.0. The highest BCUT2D eigenvalue weighted by molar-refractivity contribution is 6.31. The molecule has 0 saturated carbocycles. The quantitative estimate of drug-likeness (QED) is 0.908. The maximum absolute atomic E-state index is 9.19. The number of halogens is 1. The molecule has 0 amide bonds. The van der Waals surface area contributed by atoms with Crippen LogP contribution in [0.15, 0.2) is 30.3 Å². The molecule has 0 atom stereocenters. The van der Waals surface area contributed by atoms with Crippen molar-refractivity contribution in [3.05, 3.63) is 63.2 Å². The molecule has 1 N–H and O–H groups in total. The smallest absolute Gasteiger partial charge is 0.125 e. The van der Waals surface area contributed by atoms with Gasteiger partial charge in [-0.3, -0.25) is 0 Å². The molecule has 0 radical (unpaired) electrons. The summed E-state index contributed by atoms with van der Waals surface area (Å²) in [6, 6.07) is 9.84. The third-order valence-electron chi connectivity index (χ3n) is 3.28. The second-order valence-electron chi connectivity index (χ2n) is 5.10. The number of hydrogen-bond donors (Lipinski definition) is 1. The molecule has 20 heavy (non-hydrogen) atoms. The van der Waals surface area contributed by atoms with E-state index in [0.717, 1.165) is 38.6 Å². The predicted molar refractivity (Wildman–Crippen MR) is 82.4 cm³/mol. The second kappa shape index (κ2) is 6.29. The van der Waals surface area contributed by atoms with E-state index in [0.29, 0.717) is 6.61 Å². The summed E-state index contributed by atoms with van der Waals surface area (Å²) in [5, 5.41) is 9.92. The molecule has 0 aliphatic rings. The summed E-state index contributed by atoms with van der Waals surface area (Å²) in [6.45, 7) is 6.47. The molecule has 2 nitrogen and oxygen atoms in total. The van der Waals surface area contributed by atoms with Crippen molar-refractivity contribution in [2.24, 2.45) is 0 Å². The molecule has 0 aromatic heterocycles. The van der Waals surface area contributed by atoms with Gasteiger partial charge in [-0.05, 0) is 49.1 Å². The van der Waals surface area contributed by atoms with Crippen molar-refractivity contribution >= 4 is 11.6 Å². The van der Waals surface area contributed by atoms with Crippen LogP contribution in [-0.2, 0) is 13.2 Å². The van der Waals surface area contributed by atoms with Crippen molar-refractivity contribution in [2.75, 3.05) is 0 Å². The summed E-state index contributed by atoms with van der Waals surface area (Å²) >= 11 is 6.21. The van der Waals surface area contributed by atoms with Gasteiger partial charge >= 0.3 is 0 Å². The molecule has 2 aromatic carbocycles. The largest absolute Gasteiger partial charge is 0.488 e. The third kappa shape index (κ3) is 3.33. The molecule has 0 fully saturated rings. The molecule has 0 heterocycles. The second-order valence-corrected chi connectivity index (χ2v) is 5.51. The Hall–Kier alpha value is -1.51. The van der Waals surface area contributed by atoms with Crippen molar-refractivity contribution in [3.63, 3.8) is 0 Å². The molecule has 0 aliphatic carbocycles. The number of rotatable bonds is 4. The lowest BCUT2D eigenvalue weighted by Gasteiger charge is -2.14. The fourth-order valence-electron chi connectivity index (χ4n) is 2.28. The van der Waals surface area contributed by atoms with Crippen molar-refractivity contribution in [3.8, 4) is 5.75 Å². The van der Waals surface area contributed by atoms with Gasteiger partial charge in [-0.2, -0.15) is 0 Å². The van der Waals surface area contributed by atoms with E-state index in [1.807, 2.05) is 51.1 Å². The zero-order chi connectivity index (χ0) is 14.7. The summed E-state index contributed by atoms with van der Waals surface area (Å²) in [4.78, 5) is 0. The van der Waals surface area contributed by atoms with E-state index in [2.05, 4.69) is 0 Å². The first-order valence-electron chi connectivity index (χ1n) is 6.60. The highest BCUT2D eigenvalue weighted by atomic mass is 35.5. The van der Waals surface area contributed by atoms with Crippen LogP contribution in [0, 0.1) is 20.8 Å². The SMILES string of the molecule is Cc1ccc(COc2c(C)cc(CO)cc2C)c(Cl)c1. The first-order valence-corrected chi connectivity index (χ1v) is 6.98. The number of aliphatic hydroxyl groups excluding tert-OH is 1. The Bertz CT molecular complexity index is 597. The first-order chi connectivity index (χ1) is 9.51. The Labute approximate surface area is 125 Å². The zero-order valence-corrected chi connectivity index (χ0v) is 12.8.